The molecule has 0 atom stereocenters. The van der Waals surface area contributed by atoms with Crippen LogP contribution in [0.2, 0.25) is 5.02 Å². The van der Waals surface area contributed by atoms with Crippen LogP contribution in [0.15, 0.2) is 18.2 Å². The van der Waals surface area contributed by atoms with E-state index in [1.165, 1.54) is 6.07 Å². The van der Waals surface area contributed by atoms with E-state index in [4.69, 9.17) is 16.3 Å². The molecule has 5 heteroatoms. The maximum Gasteiger partial charge on any atom is 0.231 e. The molecule has 1 saturated carbocycles. The predicted octanol–water partition coefficient (Wildman–Crippen LogP) is 3.25. The van der Waals surface area contributed by atoms with Crippen LogP contribution in [0.4, 0.5) is 4.39 Å². The van der Waals surface area contributed by atoms with Crippen LogP contribution < -0.4 is 0 Å². The second-order valence-electron chi connectivity index (χ2n) is 5.23. The smallest absolute Gasteiger partial charge is 0.231 e. The van der Waals surface area contributed by atoms with Gasteiger partial charge >= 0.3 is 0 Å². The van der Waals surface area contributed by atoms with Crippen LogP contribution in [0.25, 0.3) is 0 Å². The largest absolute Gasteiger partial charge is 0.384 e. The molecule has 1 aromatic carbocycles. The van der Waals surface area contributed by atoms with Gasteiger partial charge in [-0.3, -0.25) is 4.79 Å². The minimum absolute atomic E-state index is 0.0289. The molecule has 1 aliphatic carbocycles. The Bertz CT molecular complexity index is 482. The highest BCUT2D eigenvalue weighted by Crippen LogP contribution is 2.47. The number of hydrogen-bond donors (Lipinski definition) is 0. The van der Waals surface area contributed by atoms with Crippen LogP contribution in [-0.4, -0.2) is 31.1 Å². The van der Waals surface area contributed by atoms with E-state index in [1.807, 2.05) is 6.92 Å². The molecule has 0 spiro atoms. The fourth-order valence-electron chi connectivity index (χ4n) is 2.38. The zero-order valence-corrected chi connectivity index (χ0v) is 12.5. The average molecular weight is 300 g/mol. The lowest BCUT2D eigenvalue weighted by Gasteiger charge is -2.26. The van der Waals surface area contributed by atoms with E-state index in [0.29, 0.717) is 23.7 Å². The first-order valence-electron chi connectivity index (χ1n) is 6.75. The maximum absolute atomic E-state index is 13.8. The highest BCUT2D eigenvalue weighted by Gasteiger charge is 2.51. The van der Waals surface area contributed by atoms with E-state index in [2.05, 4.69) is 0 Å². The highest BCUT2D eigenvalue weighted by molar-refractivity contribution is 6.31. The lowest BCUT2D eigenvalue weighted by Crippen LogP contribution is -2.38. The van der Waals surface area contributed by atoms with Gasteiger partial charge in [0.25, 0.3) is 0 Å². The molecular formula is C15H19ClFNO2. The minimum atomic E-state index is -0.400. The third-order valence-electron chi connectivity index (χ3n) is 3.81. The molecule has 1 fully saturated rings. The maximum atomic E-state index is 13.8. The van der Waals surface area contributed by atoms with Gasteiger partial charge < -0.3 is 9.64 Å². The van der Waals surface area contributed by atoms with Gasteiger partial charge in [0.1, 0.15) is 5.82 Å². The van der Waals surface area contributed by atoms with Crippen molar-refractivity contribution in [3.63, 3.8) is 0 Å². The average Bonchev–Trinajstić information content (AvgIpc) is 3.19. The van der Waals surface area contributed by atoms with Crippen molar-refractivity contribution in [3.05, 3.63) is 34.6 Å². The van der Waals surface area contributed by atoms with Gasteiger partial charge in [0, 0.05) is 30.8 Å². The summed E-state index contributed by atoms with van der Waals surface area (Å²) in [6, 6.07) is 4.56. The quantitative estimate of drug-likeness (QED) is 0.807. The lowest BCUT2D eigenvalue weighted by atomic mass is 10.1. The molecule has 20 heavy (non-hydrogen) atoms. The number of amides is 1. The number of halogens is 2. The monoisotopic (exact) mass is 299 g/mol. The summed E-state index contributed by atoms with van der Waals surface area (Å²) in [5.74, 6) is -0.346. The summed E-state index contributed by atoms with van der Waals surface area (Å²) in [6.07, 6.45) is 1.67. The number of carbonyl (C=O) groups is 1. The van der Waals surface area contributed by atoms with Crippen LogP contribution in [0, 0.1) is 11.2 Å². The first kappa shape index (κ1) is 15.3. The van der Waals surface area contributed by atoms with Gasteiger partial charge in [-0.25, -0.2) is 4.39 Å². The van der Waals surface area contributed by atoms with E-state index in [9.17, 15) is 9.18 Å². The fourth-order valence-corrected chi connectivity index (χ4v) is 2.61. The van der Waals surface area contributed by atoms with Crippen molar-refractivity contribution in [1.29, 1.82) is 0 Å². The normalized spacial score (nSPS) is 16.0. The van der Waals surface area contributed by atoms with E-state index in [0.717, 1.165) is 12.8 Å². The first-order chi connectivity index (χ1) is 9.54. The second kappa shape index (κ2) is 6.10. The van der Waals surface area contributed by atoms with Crippen molar-refractivity contribution >= 4 is 17.5 Å². The third kappa shape index (κ3) is 2.96. The zero-order valence-electron chi connectivity index (χ0n) is 11.8. The molecule has 0 heterocycles. The van der Waals surface area contributed by atoms with E-state index >= 15 is 0 Å². The van der Waals surface area contributed by atoms with E-state index in [1.54, 1.807) is 24.1 Å². The Hall–Kier alpha value is -1.13. The van der Waals surface area contributed by atoms with Gasteiger partial charge in [-0.15, -0.1) is 0 Å². The summed E-state index contributed by atoms with van der Waals surface area (Å²) >= 11 is 6.02. The number of hydrogen-bond acceptors (Lipinski definition) is 2. The molecule has 0 unspecified atom stereocenters. The summed E-state index contributed by atoms with van der Waals surface area (Å²) in [5, 5.41) is 0.354. The molecule has 3 nitrogen and oxygen atoms in total. The number of benzene rings is 1. The molecule has 110 valence electrons. The Morgan fingerprint density at radius 1 is 1.50 bits per heavy atom. The van der Waals surface area contributed by atoms with Gasteiger partial charge in [0.15, 0.2) is 0 Å². The summed E-state index contributed by atoms with van der Waals surface area (Å²) in [7, 11) is 1.59. The minimum Gasteiger partial charge on any atom is -0.384 e. The topological polar surface area (TPSA) is 29.5 Å². The van der Waals surface area contributed by atoms with Gasteiger partial charge in [-0.2, -0.15) is 0 Å². The zero-order chi connectivity index (χ0) is 14.8. The van der Waals surface area contributed by atoms with Crippen molar-refractivity contribution in [2.24, 2.45) is 5.41 Å². The van der Waals surface area contributed by atoms with E-state index in [-0.39, 0.29) is 18.3 Å². The standard InChI is InChI=1S/C15H19ClFNO2/c1-3-18(14(19)15(7-8-15)10-20-2)9-11-12(16)5-4-6-13(11)17/h4-6H,3,7-10H2,1-2H3. The van der Waals surface area contributed by atoms with E-state index < -0.39 is 5.41 Å². The lowest BCUT2D eigenvalue weighted by molar-refractivity contribution is -0.139. The van der Waals surface area contributed by atoms with Crippen LogP contribution in [-0.2, 0) is 16.1 Å². The Morgan fingerprint density at radius 2 is 2.20 bits per heavy atom. The van der Waals surface area contributed by atoms with Crippen molar-refractivity contribution in [3.8, 4) is 0 Å². The number of nitrogens with zero attached hydrogens (tertiary/aromatic N) is 1. The molecule has 2 rings (SSSR count). The summed E-state index contributed by atoms with van der Waals surface area (Å²) in [5.41, 5.74) is -0.0275. The van der Waals surface area contributed by atoms with Crippen molar-refractivity contribution < 1.29 is 13.9 Å². The van der Waals surface area contributed by atoms with Crippen molar-refractivity contribution in [2.75, 3.05) is 20.3 Å². The fraction of sp³-hybridized carbons (Fsp3) is 0.533. The number of ether oxygens (including phenoxy) is 1. The number of methoxy groups -OCH3 is 1. The van der Waals surface area contributed by atoms with Gasteiger partial charge in [0.05, 0.1) is 12.0 Å². The van der Waals surface area contributed by atoms with Gasteiger partial charge in [-0.05, 0) is 31.9 Å². The predicted molar refractivity (Wildman–Crippen MR) is 76.0 cm³/mol. The Balaban J connectivity index is 2.15. The third-order valence-corrected chi connectivity index (χ3v) is 4.16. The van der Waals surface area contributed by atoms with Crippen LogP contribution in [0.5, 0.6) is 0 Å². The Kier molecular flexibility index (Phi) is 4.66. The molecule has 0 aliphatic heterocycles. The summed E-state index contributed by atoms with van der Waals surface area (Å²) in [6.45, 7) is 3.03. The molecule has 1 amide bonds. The highest BCUT2D eigenvalue weighted by atomic mass is 35.5. The molecule has 0 N–H and O–H groups in total. The SMILES string of the molecule is CCN(Cc1c(F)cccc1Cl)C(=O)C1(COC)CC1. The summed E-state index contributed by atoms with van der Waals surface area (Å²) in [4.78, 5) is 14.2. The molecule has 1 aromatic rings. The van der Waals surface area contributed by atoms with Crippen LogP contribution >= 0.6 is 11.6 Å². The summed E-state index contributed by atoms with van der Waals surface area (Å²) < 4.78 is 19.0. The molecule has 1 aliphatic rings. The van der Waals surface area contributed by atoms with Gasteiger partial charge in [-0.1, -0.05) is 17.7 Å². The Morgan fingerprint density at radius 3 is 2.70 bits per heavy atom. The Labute approximate surface area is 123 Å². The van der Waals surface area contributed by atoms with Crippen molar-refractivity contribution in [1.82, 2.24) is 4.90 Å². The first-order valence-corrected chi connectivity index (χ1v) is 7.13. The second-order valence-corrected chi connectivity index (χ2v) is 5.64. The van der Waals surface area contributed by atoms with Gasteiger partial charge in [0.2, 0.25) is 5.91 Å². The number of carbonyl (C=O) groups excluding carboxylic acids is 1. The van der Waals surface area contributed by atoms with Crippen molar-refractivity contribution in [2.45, 2.75) is 26.3 Å². The molecule has 0 radical (unpaired) electrons. The molecule has 0 saturated heterocycles. The molecule has 0 aromatic heterocycles. The molecule has 0 bridgehead atoms. The van der Waals surface area contributed by atoms with Crippen LogP contribution in [0.3, 0.4) is 0 Å². The molecular weight excluding hydrogens is 281 g/mol. The number of rotatable bonds is 6. The van der Waals surface area contributed by atoms with Crippen LogP contribution in [0.1, 0.15) is 25.3 Å².